The predicted molar refractivity (Wildman–Crippen MR) is 62.9 cm³/mol. The molecule has 2 aromatic rings. The second kappa shape index (κ2) is 4.45. The average molecular weight is 217 g/mol. The number of hydrogen-bond acceptors (Lipinski definition) is 1. The second-order valence-electron chi connectivity index (χ2n) is 3.39. The summed E-state index contributed by atoms with van der Waals surface area (Å²) in [6, 6.07) is 11.7. The van der Waals surface area contributed by atoms with Crippen LogP contribution in [0.3, 0.4) is 0 Å². The van der Waals surface area contributed by atoms with Crippen molar-refractivity contribution >= 4 is 11.6 Å². The van der Waals surface area contributed by atoms with Gasteiger partial charge in [0.05, 0.1) is 0 Å². The van der Waals surface area contributed by atoms with Gasteiger partial charge in [0, 0.05) is 23.3 Å². The largest absolute Gasteiger partial charge is 0.264 e. The van der Waals surface area contributed by atoms with E-state index in [1.165, 1.54) is 0 Å². The summed E-state index contributed by atoms with van der Waals surface area (Å²) in [6.07, 6.45) is 3.59. The molecule has 75 valence electrons. The summed E-state index contributed by atoms with van der Waals surface area (Å²) in [5, 5.41) is 0.741. The van der Waals surface area contributed by atoms with Gasteiger partial charge in [-0.2, -0.15) is 0 Å². The number of rotatable bonds is 2. The maximum Gasteiger partial charge on any atom is 0.0408 e. The number of aromatic nitrogens is 1. The van der Waals surface area contributed by atoms with Crippen LogP contribution in [-0.2, 0) is 0 Å². The quantitative estimate of drug-likeness (QED) is 0.746. The van der Waals surface area contributed by atoms with Gasteiger partial charge in [-0.1, -0.05) is 29.8 Å². The molecule has 0 aliphatic rings. The van der Waals surface area contributed by atoms with Crippen LogP contribution in [0.1, 0.15) is 17.0 Å². The maximum absolute atomic E-state index is 5.93. The molecular formula is C13H11ClN. The molecule has 15 heavy (non-hydrogen) atoms. The number of pyridine rings is 1. The molecule has 0 bridgehead atoms. The molecule has 1 heterocycles. The van der Waals surface area contributed by atoms with Crippen LogP contribution >= 0.6 is 11.6 Å². The standard InChI is InChI=1S/C13H11ClN/c1-10(12-5-3-7-15-9-12)11-4-2-6-13(14)8-11/h2-10H,1H2. The molecule has 0 aliphatic carbocycles. The minimum absolute atomic E-state index is 0.0809. The molecule has 2 heteroatoms. The second-order valence-corrected chi connectivity index (χ2v) is 3.83. The molecule has 1 radical (unpaired) electrons. The van der Waals surface area contributed by atoms with Crippen molar-refractivity contribution in [1.29, 1.82) is 0 Å². The smallest absolute Gasteiger partial charge is 0.0408 e. The molecule has 1 aromatic heterocycles. The topological polar surface area (TPSA) is 12.9 Å². The molecular weight excluding hydrogens is 206 g/mol. The first-order valence-corrected chi connectivity index (χ1v) is 5.13. The molecule has 0 fully saturated rings. The van der Waals surface area contributed by atoms with E-state index in [0.717, 1.165) is 16.1 Å². The molecule has 0 saturated carbocycles. The third kappa shape index (κ3) is 2.37. The van der Waals surface area contributed by atoms with Gasteiger partial charge in [-0.3, -0.25) is 4.98 Å². The Balaban J connectivity index is 2.32. The van der Waals surface area contributed by atoms with Crippen LogP contribution in [0.5, 0.6) is 0 Å². The fraction of sp³-hybridized carbons (Fsp3) is 0.0769. The van der Waals surface area contributed by atoms with E-state index < -0.39 is 0 Å². The van der Waals surface area contributed by atoms with Crippen LogP contribution in [0.4, 0.5) is 0 Å². The highest BCUT2D eigenvalue weighted by atomic mass is 35.5. The Hall–Kier alpha value is -1.34. The lowest BCUT2D eigenvalue weighted by atomic mass is 9.95. The van der Waals surface area contributed by atoms with E-state index >= 15 is 0 Å². The Morgan fingerprint density at radius 1 is 1.13 bits per heavy atom. The van der Waals surface area contributed by atoms with Crippen molar-refractivity contribution in [2.24, 2.45) is 0 Å². The highest BCUT2D eigenvalue weighted by Gasteiger charge is 2.08. The zero-order chi connectivity index (χ0) is 10.7. The third-order valence-corrected chi connectivity index (χ3v) is 2.57. The van der Waals surface area contributed by atoms with Gasteiger partial charge in [0.15, 0.2) is 0 Å². The maximum atomic E-state index is 5.93. The first kappa shape index (κ1) is 10.2. The van der Waals surface area contributed by atoms with Crippen LogP contribution in [0.15, 0.2) is 48.8 Å². The first-order chi connectivity index (χ1) is 7.27. The highest BCUT2D eigenvalue weighted by molar-refractivity contribution is 6.30. The van der Waals surface area contributed by atoms with Gasteiger partial charge in [-0.05, 0) is 36.2 Å². The number of halogens is 1. The lowest BCUT2D eigenvalue weighted by Crippen LogP contribution is -1.96. The van der Waals surface area contributed by atoms with E-state index in [1.807, 2.05) is 42.6 Å². The van der Waals surface area contributed by atoms with Gasteiger partial charge < -0.3 is 0 Å². The van der Waals surface area contributed by atoms with Gasteiger partial charge in [0.2, 0.25) is 0 Å². The summed E-state index contributed by atoms with van der Waals surface area (Å²) in [4.78, 5) is 4.08. The molecule has 0 spiro atoms. The first-order valence-electron chi connectivity index (χ1n) is 4.76. The zero-order valence-electron chi connectivity index (χ0n) is 8.23. The summed E-state index contributed by atoms with van der Waals surface area (Å²) < 4.78 is 0. The Kier molecular flexibility index (Phi) is 3.02. The summed E-state index contributed by atoms with van der Waals surface area (Å²) in [5.74, 6) is 0.0809. The predicted octanol–water partition coefficient (Wildman–Crippen LogP) is 3.70. The molecule has 1 nitrogen and oxygen atoms in total. The minimum Gasteiger partial charge on any atom is -0.264 e. The van der Waals surface area contributed by atoms with Crippen LogP contribution in [0.25, 0.3) is 0 Å². The van der Waals surface area contributed by atoms with Crippen molar-refractivity contribution in [3.05, 3.63) is 71.9 Å². The normalized spacial score (nSPS) is 12.4. The lowest BCUT2D eigenvalue weighted by Gasteiger charge is -2.11. The third-order valence-electron chi connectivity index (χ3n) is 2.34. The zero-order valence-corrected chi connectivity index (χ0v) is 8.98. The van der Waals surface area contributed by atoms with Gasteiger partial charge in [0.1, 0.15) is 0 Å². The van der Waals surface area contributed by atoms with E-state index in [4.69, 9.17) is 11.6 Å². The van der Waals surface area contributed by atoms with E-state index in [-0.39, 0.29) is 5.92 Å². The fourth-order valence-corrected chi connectivity index (χ4v) is 1.70. The summed E-state index contributed by atoms with van der Waals surface area (Å²) in [5.41, 5.74) is 2.20. The van der Waals surface area contributed by atoms with Crippen LogP contribution in [0.2, 0.25) is 5.02 Å². The van der Waals surface area contributed by atoms with Crippen LogP contribution in [-0.4, -0.2) is 4.98 Å². The monoisotopic (exact) mass is 216 g/mol. The van der Waals surface area contributed by atoms with Crippen molar-refractivity contribution < 1.29 is 0 Å². The Morgan fingerprint density at radius 2 is 1.93 bits per heavy atom. The van der Waals surface area contributed by atoms with E-state index in [1.54, 1.807) is 6.20 Å². The molecule has 0 aliphatic heterocycles. The summed E-state index contributed by atoms with van der Waals surface area (Å²) in [7, 11) is 0. The van der Waals surface area contributed by atoms with Crippen molar-refractivity contribution in [3.63, 3.8) is 0 Å². The van der Waals surface area contributed by atoms with Gasteiger partial charge in [0.25, 0.3) is 0 Å². The molecule has 1 atom stereocenters. The molecule has 1 unspecified atom stereocenters. The van der Waals surface area contributed by atoms with Gasteiger partial charge in [-0.15, -0.1) is 0 Å². The Bertz CT molecular complexity index is 439. The van der Waals surface area contributed by atoms with Crippen molar-refractivity contribution in [1.82, 2.24) is 4.98 Å². The van der Waals surface area contributed by atoms with Crippen molar-refractivity contribution in [3.8, 4) is 0 Å². The number of hydrogen-bond donors (Lipinski definition) is 0. The SMILES string of the molecule is [CH2]C(c1cccnc1)c1cccc(Cl)c1. The average Bonchev–Trinajstić information content (AvgIpc) is 2.29. The van der Waals surface area contributed by atoms with E-state index in [0.29, 0.717) is 0 Å². The van der Waals surface area contributed by atoms with Crippen molar-refractivity contribution in [2.45, 2.75) is 5.92 Å². The summed E-state index contributed by atoms with van der Waals surface area (Å²) >= 11 is 5.93. The van der Waals surface area contributed by atoms with E-state index in [9.17, 15) is 0 Å². The van der Waals surface area contributed by atoms with Gasteiger partial charge in [-0.25, -0.2) is 0 Å². The minimum atomic E-state index is 0.0809. The molecule has 0 saturated heterocycles. The van der Waals surface area contributed by atoms with Crippen LogP contribution < -0.4 is 0 Å². The fourth-order valence-electron chi connectivity index (χ4n) is 1.50. The van der Waals surface area contributed by atoms with Gasteiger partial charge >= 0.3 is 0 Å². The Labute approximate surface area is 94.7 Å². The summed E-state index contributed by atoms with van der Waals surface area (Å²) in [6.45, 7) is 4.12. The molecule has 1 aromatic carbocycles. The molecule has 0 N–H and O–H groups in total. The molecule has 0 amide bonds. The number of nitrogens with zero attached hydrogens (tertiary/aromatic N) is 1. The highest BCUT2D eigenvalue weighted by Crippen LogP contribution is 2.24. The molecule has 2 rings (SSSR count). The lowest BCUT2D eigenvalue weighted by molar-refractivity contribution is 1.00. The van der Waals surface area contributed by atoms with Crippen LogP contribution in [0, 0.1) is 6.92 Å². The Morgan fingerprint density at radius 3 is 2.60 bits per heavy atom. The number of benzene rings is 1. The van der Waals surface area contributed by atoms with E-state index in [2.05, 4.69) is 11.9 Å². The van der Waals surface area contributed by atoms with Crippen molar-refractivity contribution in [2.75, 3.05) is 0 Å².